The van der Waals surface area contributed by atoms with E-state index in [0.717, 1.165) is 25.3 Å². The van der Waals surface area contributed by atoms with E-state index in [1.807, 2.05) is 0 Å². The first-order valence-electron chi connectivity index (χ1n) is 6.51. The average Bonchev–Trinajstić information content (AvgIpc) is 2.27. The topological polar surface area (TPSA) is 29.1 Å². The number of piperidine rings is 1. The molecule has 1 saturated heterocycles. The summed E-state index contributed by atoms with van der Waals surface area (Å²) in [6.07, 6.45) is 10.1. The Bertz CT molecular complexity index is 217. The largest absolute Gasteiger partial charge is 0.356 e. The Balaban J connectivity index is 1.84. The minimum Gasteiger partial charge on any atom is -0.356 e. The Kier molecular flexibility index (Phi) is 3.32. The number of hydrogen-bond acceptors (Lipinski definition) is 1. The van der Waals surface area contributed by atoms with Gasteiger partial charge in [-0.05, 0) is 43.4 Å². The van der Waals surface area contributed by atoms with Gasteiger partial charge in [0.1, 0.15) is 0 Å². The molecule has 1 heterocycles. The molecule has 1 saturated carbocycles. The number of rotatable bonds is 2. The van der Waals surface area contributed by atoms with Crippen LogP contribution in [0.1, 0.15) is 58.3 Å². The van der Waals surface area contributed by atoms with Crippen molar-refractivity contribution in [3.63, 3.8) is 0 Å². The third-order valence-electron chi connectivity index (χ3n) is 4.41. The molecule has 1 aliphatic carbocycles. The van der Waals surface area contributed by atoms with Gasteiger partial charge in [0.05, 0.1) is 0 Å². The van der Waals surface area contributed by atoms with Gasteiger partial charge < -0.3 is 5.32 Å². The molecule has 2 fully saturated rings. The number of carbonyl (C=O) groups excluding carboxylic acids is 1. The van der Waals surface area contributed by atoms with Gasteiger partial charge in [-0.2, -0.15) is 0 Å². The summed E-state index contributed by atoms with van der Waals surface area (Å²) in [6.45, 7) is 3.23. The van der Waals surface area contributed by atoms with Crippen LogP contribution < -0.4 is 5.32 Å². The molecule has 1 aliphatic heterocycles. The van der Waals surface area contributed by atoms with Crippen molar-refractivity contribution in [3.05, 3.63) is 0 Å². The van der Waals surface area contributed by atoms with E-state index in [1.165, 1.54) is 38.5 Å². The van der Waals surface area contributed by atoms with Gasteiger partial charge in [-0.25, -0.2) is 0 Å². The van der Waals surface area contributed by atoms with E-state index in [0.29, 0.717) is 5.41 Å². The second-order valence-electron chi connectivity index (χ2n) is 5.51. The first kappa shape index (κ1) is 11.0. The smallest absolute Gasteiger partial charge is 0.220 e. The lowest BCUT2D eigenvalue weighted by Gasteiger charge is -2.42. The standard InChI is InChI=1S/C13H23NO/c1-2-3-11-4-7-13(8-5-11)9-6-12(15)14-10-13/h11H,2-10H2,1H3,(H,14,15). The summed E-state index contributed by atoms with van der Waals surface area (Å²) in [7, 11) is 0. The first-order chi connectivity index (χ1) is 7.24. The predicted octanol–water partition coefficient (Wildman–Crippen LogP) is 2.87. The molecule has 1 amide bonds. The van der Waals surface area contributed by atoms with Crippen LogP contribution in [-0.2, 0) is 4.79 Å². The lowest BCUT2D eigenvalue weighted by Crippen LogP contribution is -2.45. The Hall–Kier alpha value is -0.530. The lowest BCUT2D eigenvalue weighted by molar-refractivity contribution is -0.125. The van der Waals surface area contributed by atoms with E-state index in [2.05, 4.69) is 12.2 Å². The van der Waals surface area contributed by atoms with Crippen molar-refractivity contribution in [3.8, 4) is 0 Å². The molecular weight excluding hydrogens is 186 g/mol. The van der Waals surface area contributed by atoms with Gasteiger partial charge in [0.15, 0.2) is 0 Å². The quantitative estimate of drug-likeness (QED) is 0.744. The van der Waals surface area contributed by atoms with Crippen LogP contribution in [0.15, 0.2) is 0 Å². The van der Waals surface area contributed by atoms with E-state index in [1.54, 1.807) is 0 Å². The molecule has 1 N–H and O–H groups in total. The molecule has 0 aromatic heterocycles. The molecular formula is C13H23NO. The van der Waals surface area contributed by atoms with Gasteiger partial charge in [-0.15, -0.1) is 0 Å². The van der Waals surface area contributed by atoms with Gasteiger partial charge in [-0.1, -0.05) is 19.8 Å². The molecule has 0 bridgehead atoms. The van der Waals surface area contributed by atoms with Crippen molar-refractivity contribution in [2.75, 3.05) is 6.54 Å². The Labute approximate surface area is 92.8 Å². The SMILES string of the molecule is CCCC1CCC2(CCC(=O)NC2)CC1. The molecule has 0 aromatic carbocycles. The van der Waals surface area contributed by atoms with Crippen LogP contribution in [0.5, 0.6) is 0 Å². The molecule has 0 aromatic rings. The molecule has 2 aliphatic rings. The van der Waals surface area contributed by atoms with Crippen LogP contribution in [0, 0.1) is 11.3 Å². The minimum atomic E-state index is 0.260. The molecule has 0 atom stereocenters. The number of amides is 1. The lowest BCUT2D eigenvalue weighted by atomic mass is 9.66. The summed E-state index contributed by atoms with van der Waals surface area (Å²) >= 11 is 0. The third kappa shape index (κ3) is 2.53. The van der Waals surface area contributed by atoms with E-state index in [4.69, 9.17) is 0 Å². The zero-order valence-corrected chi connectivity index (χ0v) is 9.85. The van der Waals surface area contributed by atoms with E-state index < -0.39 is 0 Å². The molecule has 15 heavy (non-hydrogen) atoms. The highest BCUT2D eigenvalue weighted by molar-refractivity contribution is 5.76. The van der Waals surface area contributed by atoms with Crippen molar-refractivity contribution in [2.45, 2.75) is 58.3 Å². The summed E-state index contributed by atoms with van der Waals surface area (Å²) in [5, 5.41) is 3.05. The van der Waals surface area contributed by atoms with Gasteiger partial charge >= 0.3 is 0 Å². The Morgan fingerprint density at radius 3 is 2.60 bits per heavy atom. The Morgan fingerprint density at radius 2 is 2.07 bits per heavy atom. The van der Waals surface area contributed by atoms with Crippen LogP contribution in [-0.4, -0.2) is 12.5 Å². The zero-order valence-electron chi connectivity index (χ0n) is 9.85. The molecule has 2 rings (SSSR count). The maximum atomic E-state index is 11.1. The van der Waals surface area contributed by atoms with E-state index >= 15 is 0 Å². The number of carbonyl (C=O) groups is 1. The van der Waals surface area contributed by atoms with Gasteiger partial charge in [0, 0.05) is 13.0 Å². The van der Waals surface area contributed by atoms with Crippen LogP contribution in [0.25, 0.3) is 0 Å². The maximum absolute atomic E-state index is 11.1. The monoisotopic (exact) mass is 209 g/mol. The first-order valence-corrected chi connectivity index (χ1v) is 6.51. The van der Waals surface area contributed by atoms with Gasteiger partial charge in [-0.3, -0.25) is 4.79 Å². The zero-order chi connectivity index (χ0) is 10.7. The predicted molar refractivity (Wildman–Crippen MR) is 61.5 cm³/mol. The van der Waals surface area contributed by atoms with Crippen LogP contribution in [0.3, 0.4) is 0 Å². The molecule has 1 spiro atoms. The second-order valence-corrected chi connectivity index (χ2v) is 5.51. The van der Waals surface area contributed by atoms with Crippen molar-refractivity contribution >= 4 is 5.91 Å². The highest BCUT2D eigenvalue weighted by Crippen LogP contribution is 2.44. The van der Waals surface area contributed by atoms with Crippen molar-refractivity contribution < 1.29 is 4.79 Å². The van der Waals surface area contributed by atoms with Gasteiger partial charge in [0.25, 0.3) is 0 Å². The van der Waals surface area contributed by atoms with Crippen molar-refractivity contribution in [1.82, 2.24) is 5.32 Å². The number of nitrogens with one attached hydrogen (secondary N) is 1. The highest BCUT2D eigenvalue weighted by Gasteiger charge is 2.37. The molecule has 0 unspecified atom stereocenters. The molecule has 0 radical (unpaired) electrons. The fraction of sp³-hybridized carbons (Fsp3) is 0.923. The number of hydrogen-bond donors (Lipinski definition) is 1. The van der Waals surface area contributed by atoms with Crippen LogP contribution >= 0.6 is 0 Å². The molecule has 2 nitrogen and oxygen atoms in total. The summed E-state index contributed by atoms with van der Waals surface area (Å²) < 4.78 is 0. The normalized spacial score (nSPS) is 36.6. The van der Waals surface area contributed by atoms with Crippen molar-refractivity contribution in [2.24, 2.45) is 11.3 Å². The van der Waals surface area contributed by atoms with Crippen LogP contribution in [0.4, 0.5) is 0 Å². The maximum Gasteiger partial charge on any atom is 0.220 e. The van der Waals surface area contributed by atoms with Gasteiger partial charge in [0.2, 0.25) is 5.91 Å². The summed E-state index contributed by atoms with van der Waals surface area (Å²) in [6, 6.07) is 0. The average molecular weight is 209 g/mol. The summed E-state index contributed by atoms with van der Waals surface area (Å²) in [4.78, 5) is 11.1. The fourth-order valence-corrected chi connectivity index (χ4v) is 3.26. The van der Waals surface area contributed by atoms with E-state index in [-0.39, 0.29) is 5.91 Å². The van der Waals surface area contributed by atoms with E-state index in [9.17, 15) is 4.79 Å². The third-order valence-corrected chi connectivity index (χ3v) is 4.41. The highest BCUT2D eigenvalue weighted by atomic mass is 16.1. The molecule has 2 heteroatoms. The summed E-state index contributed by atoms with van der Waals surface area (Å²) in [5.41, 5.74) is 0.484. The van der Waals surface area contributed by atoms with Crippen LogP contribution in [0.2, 0.25) is 0 Å². The fourth-order valence-electron chi connectivity index (χ4n) is 3.26. The Morgan fingerprint density at radius 1 is 1.33 bits per heavy atom. The van der Waals surface area contributed by atoms with Crippen molar-refractivity contribution in [1.29, 1.82) is 0 Å². The molecule has 86 valence electrons. The summed E-state index contributed by atoms with van der Waals surface area (Å²) in [5.74, 6) is 1.23. The second kappa shape index (κ2) is 4.54. The minimum absolute atomic E-state index is 0.260.